The van der Waals surface area contributed by atoms with Crippen LogP contribution in [-0.2, 0) is 20.1 Å². The number of aryl methyl sites for hydroxylation is 1. The van der Waals surface area contributed by atoms with Crippen molar-refractivity contribution in [3.63, 3.8) is 0 Å². The summed E-state index contributed by atoms with van der Waals surface area (Å²) in [4.78, 5) is 5.14. The second-order valence-corrected chi connectivity index (χ2v) is 7.92. The van der Waals surface area contributed by atoms with Crippen LogP contribution in [-0.4, -0.2) is 45.8 Å². The maximum Gasteiger partial charge on any atom is 0.123 e. The van der Waals surface area contributed by atoms with Crippen LogP contribution < -0.4 is 0 Å². The van der Waals surface area contributed by atoms with Crippen molar-refractivity contribution in [1.29, 1.82) is 0 Å². The van der Waals surface area contributed by atoms with E-state index in [2.05, 4.69) is 21.1 Å². The van der Waals surface area contributed by atoms with Gasteiger partial charge >= 0.3 is 0 Å². The zero-order valence-electron chi connectivity index (χ0n) is 15.0. The Hall–Kier alpha value is -1.72. The van der Waals surface area contributed by atoms with Crippen LogP contribution >= 0.6 is 0 Å². The zero-order valence-corrected chi connectivity index (χ0v) is 15.0. The van der Waals surface area contributed by atoms with Crippen LogP contribution in [0.4, 0.5) is 4.39 Å². The van der Waals surface area contributed by atoms with Crippen molar-refractivity contribution in [3.05, 3.63) is 53.6 Å². The molecule has 0 bridgehead atoms. The third-order valence-corrected chi connectivity index (χ3v) is 5.74. The molecule has 0 amide bonds. The molecule has 2 saturated heterocycles. The molecule has 0 N–H and O–H groups in total. The maximum absolute atomic E-state index is 13.1. The number of piperidine rings is 1. The first kappa shape index (κ1) is 16.7. The van der Waals surface area contributed by atoms with Gasteiger partial charge in [0.15, 0.2) is 0 Å². The van der Waals surface area contributed by atoms with Gasteiger partial charge in [-0.05, 0) is 55.5 Å². The molecule has 25 heavy (non-hydrogen) atoms. The molecule has 2 fully saturated rings. The van der Waals surface area contributed by atoms with Crippen molar-refractivity contribution in [2.24, 2.45) is 12.5 Å². The van der Waals surface area contributed by atoms with E-state index in [4.69, 9.17) is 0 Å². The standard InChI is InChI=1S/C20H27FN4/c1-23-12-18(11-22-23)14-24-9-2-7-20(15-24)8-10-25(16-20)13-17-3-5-19(21)6-4-17/h3-6,11-12H,2,7-10,13-16H2,1H3. The Labute approximate surface area is 149 Å². The predicted octanol–water partition coefficient (Wildman–Crippen LogP) is 3.05. The molecule has 1 unspecified atom stereocenters. The van der Waals surface area contributed by atoms with Gasteiger partial charge in [-0.2, -0.15) is 5.10 Å². The monoisotopic (exact) mass is 342 g/mol. The third-order valence-electron chi connectivity index (χ3n) is 5.74. The van der Waals surface area contributed by atoms with Crippen molar-refractivity contribution in [2.75, 3.05) is 26.2 Å². The number of aromatic nitrogens is 2. The molecule has 1 aromatic carbocycles. The molecule has 5 heteroatoms. The lowest BCUT2D eigenvalue weighted by molar-refractivity contribution is 0.0866. The summed E-state index contributed by atoms with van der Waals surface area (Å²) in [7, 11) is 1.98. The van der Waals surface area contributed by atoms with Gasteiger partial charge in [-0.15, -0.1) is 0 Å². The lowest BCUT2D eigenvalue weighted by Crippen LogP contribution is -2.44. The molecule has 134 valence electrons. The summed E-state index contributed by atoms with van der Waals surface area (Å²) in [5.74, 6) is -0.153. The van der Waals surface area contributed by atoms with E-state index < -0.39 is 0 Å². The molecule has 2 aliphatic heterocycles. The van der Waals surface area contributed by atoms with Crippen molar-refractivity contribution in [3.8, 4) is 0 Å². The molecule has 4 rings (SSSR count). The molecule has 0 saturated carbocycles. The Morgan fingerprint density at radius 3 is 2.44 bits per heavy atom. The number of hydrogen-bond donors (Lipinski definition) is 0. The first-order valence-corrected chi connectivity index (χ1v) is 9.27. The Balaban J connectivity index is 1.36. The summed E-state index contributed by atoms with van der Waals surface area (Å²) in [6, 6.07) is 6.96. The summed E-state index contributed by atoms with van der Waals surface area (Å²) in [6.45, 7) is 6.63. The highest BCUT2D eigenvalue weighted by Gasteiger charge is 2.41. The topological polar surface area (TPSA) is 24.3 Å². The van der Waals surface area contributed by atoms with E-state index in [1.54, 1.807) is 12.1 Å². The molecule has 1 atom stereocenters. The van der Waals surface area contributed by atoms with E-state index in [1.807, 2.05) is 30.1 Å². The van der Waals surface area contributed by atoms with Crippen molar-refractivity contribution >= 4 is 0 Å². The Morgan fingerprint density at radius 1 is 1.00 bits per heavy atom. The van der Waals surface area contributed by atoms with Crippen molar-refractivity contribution in [2.45, 2.75) is 32.4 Å². The average molecular weight is 342 g/mol. The fraction of sp³-hybridized carbons (Fsp3) is 0.550. The molecular weight excluding hydrogens is 315 g/mol. The summed E-state index contributed by atoms with van der Waals surface area (Å²) >= 11 is 0. The lowest BCUT2D eigenvalue weighted by Gasteiger charge is -2.40. The van der Waals surface area contributed by atoms with Gasteiger partial charge in [0.25, 0.3) is 0 Å². The van der Waals surface area contributed by atoms with Crippen LogP contribution in [0, 0.1) is 11.2 Å². The molecule has 2 aliphatic rings. The maximum atomic E-state index is 13.1. The van der Waals surface area contributed by atoms with E-state index >= 15 is 0 Å². The van der Waals surface area contributed by atoms with Gasteiger partial charge in [-0.1, -0.05) is 12.1 Å². The summed E-state index contributed by atoms with van der Waals surface area (Å²) < 4.78 is 15.0. The lowest BCUT2D eigenvalue weighted by atomic mass is 9.79. The quantitative estimate of drug-likeness (QED) is 0.853. The minimum absolute atomic E-state index is 0.153. The van der Waals surface area contributed by atoms with Crippen LogP contribution in [0.25, 0.3) is 0 Å². The highest BCUT2D eigenvalue weighted by molar-refractivity contribution is 5.16. The smallest absolute Gasteiger partial charge is 0.123 e. The first-order valence-electron chi connectivity index (χ1n) is 9.27. The highest BCUT2D eigenvalue weighted by atomic mass is 19.1. The Kier molecular flexibility index (Phi) is 4.61. The van der Waals surface area contributed by atoms with Crippen molar-refractivity contribution < 1.29 is 4.39 Å². The van der Waals surface area contributed by atoms with E-state index in [0.717, 1.165) is 26.2 Å². The van der Waals surface area contributed by atoms with Gasteiger partial charge in [-0.3, -0.25) is 14.5 Å². The van der Waals surface area contributed by atoms with Gasteiger partial charge in [-0.25, -0.2) is 4.39 Å². The fourth-order valence-corrected chi connectivity index (χ4v) is 4.60. The summed E-state index contributed by atoms with van der Waals surface area (Å²) in [6.07, 6.45) is 7.99. The van der Waals surface area contributed by atoms with Crippen molar-refractivity contribution in [1.82, 2.24) is 19.6 Å². The predicted molar refractivity (Wildman–Crippen MR) is 96.4 cm³/mol. The minimum Gasteiger partial charge on any atom is -0.298 e. The van der Waals surface area contributed by atoms with E-state index in [9.17, 15) is 4.39 Å². The number of benzene rings is 1. The van der Waals surface area contributed by atoms with Gasteiger partial charge in [0.1, 0.15) is 5.82 Å². The van der Waals surface area contributed by atoms with Crippen LogP contribution in [0.1, 0.15) is 30.4 Å². The zero-order chi connectivity index (χ0) is 17.3. The summed E-state index contributed by atoms with van der Waals surface area (Å²) in [5, 5.41) is 4.29. The molecule has 2 aromatic rings. The van der Waals surface area contributed by atoms with Gasteiger partial charge in [0.2, 0.25) is 0 Å². The second-order valence-electron chi connectivity index (χ2n) is 7.92. The minimum atomic E-state index is -0.153. The van der Waals surface area contributed by atoms with E-state index in [1.165, 1.54) is 43.5 Å². The third kappa shape index (κ3) is 3.93. The molecule has 4 nitrogen and oxygen atoms in total. The first-order chi connectivity index (χ1) is 12.1. The highest BCUT2D eigenvalue weighted by Crippen LogP contribution is 2.39. The molecule has 0 radical (unpaired) electrons. The average Bonchev–Trinajstić information content (AvgIpc) is 3.16. The van der Waals surface area contributed by atoms with Crippen LogP contribution in [0.15, 0.2) is 36.7 Å². The van der Waals surface area contributed by atoms with Crippen LogP contribution in [0.2, 0.25) is 0 Å². The molecule has 3 heterocycles. The molecule has 1 aromatic heterocycles. The fourth-order valence-electron chi connectivity index (χ4n) is 4.60. The second kappa shape index (κ2) is 6.89. The molecule has 1 spiro atoms. The number of halogens is 1. The Bertz CT molecular complexity index is 711. The molecule has 0 aliphatic carbocycles. The van der Waals surface area contributed by atoms with Gasteiger partial charge in [0, 0.05) is 45.0 Å². The van der Waals surface area contributed by atoms with E-state index in [0.29, 0.717) is 5.41 Å². The van der Waals surface area contributed by atoms with Crippen LogP contribution in [0.5, 0.6) is 0 Å². The largest absolute Gasteiger partial charge is 0.298 e. The van der Waals surface area contributed by atoms with Crippen LogP contribution in [0.3, 0.4) is 0 Å². The normalized spacial score (nSPS) is 25.0. The van der Waals surface area contributed by atoms with E-state index in [-0.39, 0.29) is 5.82 Å². The molecular formula is C20H27FN4. The number of hydrogen-bond acceptors (Lipinski definition) is 3. The van der Waals surface area contributed by atoms with Gasteiger partial charge < -0.3 is 0 Å². The number of likely N-dealkylation sites (tertiary alicyclic amines) is 2. The SMILES string of the molecule is Cn1cc(CN2CCCC3(CCN(Cc4ccc(F)cc4)C3)C2)cn1. The summed E-state index contributed by atoms with van der Waals surface area (Å²) in [5.41, 5.74) is 2.95. The number of nitrogens with zero attached hydrogens (tertiary/aromatic N) is 4. The van der Waals surface area contributed by atoms with Gasteiger partial charge in [0.05, 0.1) is 6.20 Å². The number of rotatable bonds is 4. The Morgan fingerprint density at radius 2 is 1.72 bits per heavy atom.